The van der Waals surface area contributed by atoms with Crippen LogP contribution in [0, 0.1) is 13.8 Å². The Hall–Kier alpha value is -0.830. The van der Waals surface area contributed by atoms with Crippen molar-refractivity contribution in [2.24, 2.45) is 0 Å². The van der Waals surface area contributed by atoms with Crippen LogP contribution in [0.3, 0.4) is 0 Å². The summed E-state index contributed by atoms with van der Waals surface area (Å²) in [5, 5.41) is 0. The molecule has 1 aromatic heterocycles. The lowest BCUT2D eigenvalue weighted by Crippen LogP contribution is -2.29. The molecule has 4 heteroatoms. The van der Waals surface area contributed by atoms with Crippen LogP contribution >= 0.6 is 11.6 Å². The number of alkyl halides is 1. The smallest absolute Gasteiger partial charge is 0.150 e. The molecule has 0 aliphatic heterocycles. The number of halogens is 1. The Kier molecular flexibility index (Phi) is 3.10. The van der Waals surface area contributed by atoms with E-state index in [1.54, 1.807) is 0 Å². The van der Waals surface area contributed by atoms with Crippen molar-refractivity contribution in [3.05, 3.63) is 17.6 Å². The van der Waals surface area contributed by atoms with E-state index in [2.05, 4.69) is 14.9 Å². The quantitative estimate of drug-likeness (QED) is 0.737. The highest BCUT2D eigenvalue weighted by Crippen LogP contribution is 2.31. The third kappa shape index (κ3) is 2.40. The van der Waals surface area contributed by atoms with Crippen molar-refractivity contribution in [1.29, 1.82) is 0 Å². The van der Waals surface area contributed by atoms with Gasteiger partial charge in [-0.1, -0.05) is 0 Å². The molecule has 0 amide bonds. The van der Waals surface area contributed by atoms with E-state index in [0.717, 1.165) is 23.8 Å². The van der Waals surface area contributed by atoms with Crippen LogP contribution < -0.4 is 4.90 Å². The fourth-order valence-electron chi connectivity index (χ4n) is 1.74. The second-order valence-corrected chi connectivity index (χ2v) is 4.41. The summed E-state index contributed by atoms with van der Waals surface area (Å²) >= 11 is 5.82. The SMILES string of the molecule is Cc1cnc(C)c(N(CCCl)C2CC2)n1. The van der Waals surface area contributed by atoms with Crippen LogP contribution in [0.25, 0.3) is 0 Å². The normalized spacial score (nSPS) is 15.4. The van der Waals surface area contributed by atoms with Gasteiger partial charge in [0.05, 0.1) is 11.4 Å². The monoisotopic (exact) mass is 225 g/mol. The first-order valence-corrected chi connectivity index (χ1v) is 5.88. The molecule has 1 aliphatic carbocycles. The number of nitrogens with zero attached hydrogens (tertiary/aromatic N) is 3. The zero-order valence-corrected chi connectivity index (χ0v) is 9.96. The molecule has 0 aromatic carbocycles. The molecule has 82 valence electrons. The molecule has 0 atom stereocenters. The fourth-order valence-corrected chi connectivity index (χ4v) is 1.92. The Balaban J connectivity index is 2.27. The maximum Gasteiger partial charge on any atom is 0.150 e. The highest BCUT2D eigenvalue weighted by atomic mass is 35.5. The maximum atomic E-state index is 5.82. The minimum Gasteiger partial charge on any atom is -0.351 e. The molecular weight excluding hydrogens is 210 g/mol. The van der Waals surface area contributed by atoms with Gasteiger partial charge in [-0.25, -0.2) is 4.98 Å². The standard InChI is InChI=1S/C11H16ClN3/c1-8-7-13-9(2)11(14-8)15(6-5-12)10-3-4-10/h7,10H,3-6H2,1-2H3. The Morgan fingerprint density at radius 1 is 1.47 bits per heavy atom. The van der Waals surface area contributed by atoms with Crippen molar-refractivity contribution in [1.82, 2.24) is 9.97 Å². The number of hydrogen-bond acceptors (Lipinski definition) is 3. The summed E-state index contributed by atoms with van der Waals surface area (Å²) < 4.78 is 0. The number of rotatable bonds is 4. The van der Waals surface area contributed by atoms with Gasteiger partial charge in [0, 0.05) is 24.7 Å². The van der Waals surface area contributed by atoms with Crippen molar-refractivity contribution in [3.63, 3.8) is 0 Å². The van der Waals surface area contributed by atoms with Crippen LogP contribution in [-0.4, -0.2) is 28.4 Å². The van der Waals surface area contributed by atoms with E-state index in [-0.39, 0.29) is 0 Å². The highest BCUT2D eigenvalue weighted by molar-refractivity contribution is 6.18. The van der Waals surface area contributed by atoms with Gasteiger partial charge in [0.1, 0.15) is 0 Å². The lowest BCUT2D eigenvalue weighted by Gasteiger charge is -2.23. The highest BCUT2D eigenvalue weighted by Gasteiger charge is 2.30. The molecule has 15 heavy (non-hydrogen) atoms. The largest absolute Gasteiger partial charge is 0.351 e. The van der Waals surface area contributed by atoms with Crippen molar-refractivity contribution in [2.75, 3.05) is 17.3 Å². The minimum atomic E-state index is 0.638. The first-order chi connectivity index (χ1) is 7.22. The van der Waals surface area contributed by atoms with E-state index in [1.165, 1.54) is 12.8 Å². The van der Waals surface area contributed by atoms with Crippen LogP contribution in [0.5, 0.6) is 0 Å². The third-order valence-electron chi connectivity index (χ3n) is 2.64. The summed E-state index contributed by atoms with van der Waals surface area (Å²) in [6, 6.07) is 0.638. The first kappa shape index (κ1) is 10.7. The molecule has 0 N–H and O–H groups in total. The Morgan fingerprint density at radius 3 is 2.80 bits per heavy atom. The molecule has 2 rings (SSSR count). The zero-order chi connectivity index (χ0) is 10.8. The number of aromatic nitrogens is 2. The molecule has 0 spiro atoms. The van der Waals surface area contributed by atoms with Gasteiger partial charge in [0.15, 0.2) is 5.82 Å². The van der Waals surface area contributed by atoms with E-state index >= 15 is 0 Å². The zero-order valence-electron chi connectivity index (χ0n) is 9.20. The van der Waals surface area contributed by atoms with E-state index in [9.17, 15) is 0 Å². The summed E-state index contributed by atoms with van der Waals surface area (Å²) in [6.45, 7) is 4.85. The van der Waals surface area contributed by atoms with Gasteiger partial charge in [0.25, 0.3) is 0 Å². The van der Waals surface area contributed by atoms with E-state index in [1.807, 2.05) is 20.0 Å². The molecule has 0 radical (unpaired) electrons. The summed E-state index contributed by atoms with van der Waals surface area (Å²) in [7, 11) is 0. The number of aryl methyl sites for hydroxylation is 2. The maximum absolute atomic E-state index is 5.82. The molecule has 1 aromatic rings. The predicted octanol–water partition coefficient (Wildman–Crippen LogP) is 2.30. The number of hydrogen-bond donors (Lipinski definition) is 0. The van der Waals surface area contributed by atoms with Crippen molar-refractivity contribution < 1.29 is 0 Å². The lowest BCUT2D eigenvalue weighted by molar-refractivity contribution is 0.795. The molecule has 0 saturated heterocycles. The predicted molar refractivity (Wildman–Crippen MR) is 62.6 cm³/mol. The van der Waals surface area contributed by atoms with Gasteiger partial charge < -0.3 is 4.90 Å². The van der Waals surface area contributed by atoms with Crippen LogP contribution in [0.4, 0.5) is 5.82 Å². The molecule has 3 nitrogen and oxygen atoms in total. The summed E-state index contributed by atoms with van der Waals surface area (Å²) in [4.78, 5) is 11.2. The van der Waals surface area contributed by atoms with E-state index in [0.29, 0.717) is 11.9 Å². The third-order valence-corrected chi connectivity index (χ3v) is 2.81. The van der Waals surface area contributed by atoms with Crippen LogP contribution in [0.15, 0.2) is 6.20 Å². The molecule has 1 heterocycles. The summed E-state index contributed by atoms with van der Waals surface area (Å²) in [5.41, 5.74) is 1.97. The van der Waals surface area contributed by atoms with Gasteiger partial charge in [-0.15, -0.1) is 11.6 Å². The molecule has 1 aliphatic rings. The van der Waals surface area contributed by atoms with Gasteiger partial charge in [-0.05, 0) is 26.7 Å². The minimum absolute atomic E-state index is 0.638. The van der Waals surface area contributed by atoms with Gasteiger partial charge in [0.2, 0.25) is 0 Å². The van der Waals surface area contributed by atoms with E-state index < -0.39 is 0 Å². The Labute approximate surface area is 95.5 Å². The molecule has 0 bridgehead atoms. The molecular formula is C11H16ClN3. The Morgan fingerprint density at radius 2 is 2.20 bits per heavy atom. The van der Waals surface area contributed by atoms with Gasteiger partial charge >= 0.3 is 0 Å². The lowest BCUT2D eigenvalue weighted by atomic mass is 10.3. The van der Waals surface area contributed by atoms with Gasteiger partial charge in [-0.2, -0.15) is 0 Å². The molecule has 1 saturated carbocycles. The average molecular weight is 226 g/mol. The van der Waals surface area contributed by atoms with Crippen molar-refractivity contribution >= 4 is 17.4 Å². The first-order valence-electron chi connectivity index (χ1n) is 5.35. The topological polar surface area (TPSA) is 29.0 Å². The van der Waals surface area contributed by atoms with Gasteiger partial charge in [-0.3, -0.25) is 4.98 Å². The van der Waals surface area contributed by atoms with Crippen LogP contribution in [0.1, 0.15) is 24.2 Å². The van der Waals surface area contributed by atoms with Crippen molar-refractivity contribution in [2.45, 2.75) is 32.7 Å². The average Bonchev–Trinajstić information content (AvgIpc) is 3.02. The molecule has 0 unspecified atom stereocenters. The number of anilines is 1. The summed E-state index contributed by atoms with van der Waals surface area (Å²) in [6.07, 6.45) is 4.32. The fraction of sp³-hybridized carbons (Fsp3) is 0.636. The summed E-state index contributed by atoms with van der Waals surface area (Å²) in [5.74, 6) is 1.66. The van der Waals surface area contributed by atoms with Crippen molar-refractivity contribution in [3.8, 4) is 0 Å². The van der Waals surface area contributed by atoms with E-state index in [4.69, 9.17) is 11.6 Å². The molecule has 1 fully saturated rings. The van der Waals surface area contributed by atoms with Crippen LogP contribution in [-0.2, 0) is 0 Å². The second kappa shape index (κ2) is 4.35. The Bertz CT molecular complexity index is 350. The van der Waals surface area contributed by atoms with Crippen LogP contribution in [0.2, 0.25) is 0 Å². The second-order valence-electron chi connectivity index (χ2n) is 4.03.